The van der Waals surface area contributed by atoms with Crippen LogP contribution in [0.25, 0.3) is 11.0 Å². The molecule has 2 heterocycles. The molecule has 8 nitrogen and oxygen atoms in total. The first-order chi connectivity index (χ1) is 14.6. The topological polar surface area (TPSA) is 117 Å². The second-order valence-corrected chi connectivity index (χ2v) is 7.59. The molecule has 1 unspecified atom stereocenters. The molecule has 1 aliphatic heterocycles. The maximum Gasteiger partial charge on any atom is 0.304 e. The fourth-order valence-electron chi connectivity index (χ4n) is 3.57. The zero-order chi connectivity index (χ0) is 21.2. The number of benzene rings is 1. The second-order valence-electron chi connectivity index (χ2n) is 7.59. The van der Waals surface area contributed by atoms with Gasteiger partial charge in [0.1, 0.15) is 0 Å². The van der Waals surface area contributed by atoms with E-state index in [1.165, 1.54) is 0 Å². The Bertz CT molecular complexity index is 899. The van der Waals surface area contributed by atoms with Crippen molar-refractivity contribution in [3.05, 3.63) is 36.2 Å². The normalized spacial score (nSPS) is 14.6. The van der Waals surface area contributed by atoms with Gasteiger partial charge in [-0.05, 0) is 31.4 Å². The van der Waals surface area contributed by atoms with Crippen molar-refractivity contribution in [2.75, 3.05) is 13.1 Å². The first-order valence-electron chi connectivity index (χ1n) is 10.6. The van der Waals surface area contributed by atoms with E-state index in [0.29, 0.717) is 12.4 Å². The van der Waals surface area contributed by atoms with Crippen LogP contribution in [0.3, 0.4) is 0 Å². The third kappa shape index (κ3) is 6.79. The summed E-state index contributed by atoms with van der Waals surface area (Å²) in [6.07, 6.45) is 7.52. The summed E-state index contributed by atoms with van der Waals surface area (Å²) in [7, 11) is 0. The molecule has 30 heavy (non-hydrogen) atoms. The van der Waals surface area contributed by atoms with E-state index in [0.717, 1.165) is 68.3 Å². The number of rotatable bonds is 10. The van der Waals surface area contributed by atoms with Gasteiger partial charge in [0.25, 0.3) is 0 Å². The molecule has 1 aliphatic rings. The summed E-state index contributed by atoms with van der Waals surface area (Å²) in [5.41, 5.74) is 2.33. The van der Waals surface area contributed by atoms with Crippen LogP contribution in [0, 0.1) is 0 Å². The highest BCUT2D eigenvalue weighted by Crippen LogP contribution is 2.26. The van der Waals surface area contributed by atoms with Crippen LogP contribution in [0.4, 0.5) is 0 Å². The van der Waals surface area contributed by atoms with Crippen molar-refractivity contribution < 1.29 is 14.7 Å². The molecule has 0 fully saturated rings. The van der Waals surface area contributed by atoms with Crippen LogP contribution in [0.1, 0.15) is 63.0 Å². The van der Waals surface area contributed by atoms with Crippen LogP contribution in [-0.2, 0) is 9.59 Å². The summed E-state index contributed by atoms with van der Waals surface area (Å²) in [5, 5.41) is 15.2. The molecule has 1 amide bonds. The molecule has 1 atom stereocenters. The summed E-state index contributed by atoms with van der Waals surface area (Å²) in [4.78, 5) is 36.5. The Morgan fingerprint density at radius 2 is 1.93 bits per heavy atom. The first kappa shape index (κ1) is 21.7. The van der Waals surface area contributed by atoms with Crippen LogP contribution in [0.2, 0.25) is 0 Å². The molecule has 0 bridgehead atoms. The zero-order valence-electron chi connectivity index (χ0n) is 17.1. The number of nitrogens with one attached hydrogen (secondary N) is 2. The predicted molar refractivity (Wildman–Crippen MR) is 115 cm³/mol. The molecule has 0 aliphatic carbocycles. The van der Waals surface area contributed by atoms with Gasteiger partial charge in [0.2, 0.25) is 5.91 Å². The zero-order valence-corrected chi connectivity index (χ0v) is 17.1. The lowest BCUT2D eigenvalue weighted by atomic mass is 9.94. The minimum absolute atomic E-state index is 0.0154. The van der Waals surface area contributed by atoms with Crippen LogP contribution >= 0.6 is 0 Å². The Morgan fingerprint density at radius 1 is 1.13 bits per heavy atom. The Morgan fingerprint density at radius 3 is 2.70 bits per heavy atom. The summed E-state index contributed by atoms with van der Waals surface area (Å²) in [6.45, 7) is 1.60. The number of hydrogen-bond donors (Lipinski definition) is 3. The quantitative estimate of drug-likeness (QED) is 0.518. The van der Waals surface area contributed by atoms with Crippen LogP contribution < -0.4 is 10.6 Å². The van der Waals surface area contributed by atoms with Crippen molar-refractivity contribution >= 4 is 28.9 Å². The van der Waals surface area contributed by atoms with E-state index in [2.05, 4.69) is 25.6 Å². The van der Waals surface area contributed by atoms with Gasteiger partial charge in [0.05, 0.1) is 23.1 Å². The van der Waals surface area contributed by atoms with E-state index in [1.807, 2.05) is 24.3 Å². The number of unbranched alkanes of at least 4 members (excludes halogenated alkanes) is 3. The van der Waals surface area contributed by atoms with E-state index in [4.69, 9.17) is 0 Å². The van der Waals surface area contributed by atoms with Crippen LogP contribution in [0.15, 0.2) is 35.5 Å². The number of carboxylic acids is 1. The van der Waals surface area contributed by atoms with E-state index >= 15 is 0 Å². The fourth-order valence-corrected chi connectivity index (χ4v) is 3.57. The van der Waals surface area contributed by atoms with Crippen molar-refractivity contribution in [3.63, 3.8) is 0 Å². The Balaban J connectivity index is 1.41. The third-order valence-corrected chi connectivity index (χ3v) is 5.17. The van der Waals surface area contributed by atoms with Crippen LogP contribution in [-0.4, -0.2) is 46.0 Å². The Hall–Kier alpha value is -3.03. The van der Waals surface area contributed by atoms with Crippen molar-refractivity contribution in [2.45, 2.75) is 57.3 Å². The smallest absolute Gasteiger partial charge is 0.304 e. The number of nitrogens with zero attached hydrogens (tertiary/aromatic N) is 3. The Labute approximate surface area is 176 Å². The molecule has 3 N–H and O–H groups in total. The number of carboxylic acid groups (broad SMARTS) is 1. The van der Waals surface area contributed by atoms with E-state index in [9.17, 15) is 14.7 Å². The predicted octanol–water partition coefficient (Wildman–Crippen LogP) is 2.99. The molecule has 1 aromatic heterocycles. The number of aliphatic carboxylic acids is 1. The Kier molecular flexibility index (Phi) is 8.11. The van der Waals surface area contributed by atoms with E-state index in [1.54, 1.807) is 6.20 Å². The summed E-state index contributed by atoms with van der Waals surface area (Å²) < 4.78 is 0. The largest absolute Gasteiger partial charge is 0.481 e. The molecule has 1 aromatic carbocycles. The number of fused-ring (bicyclic) bond motifs is 1. The lowest BCUT2D eigenvalue weighted by molar-refractivity contribution is -0.137. The van der Waals surface area contributed by atoms with Crippen LogP contribution in [0.5, 0.6) is 0 Å². The van der Waals surface area contributed by atoms with Gasteiger partial charge >= 0.3 is 5.97 Å². The summed E-state index contributed by atoms with van der Waals surface area (Å²) in [6, 6.07) is 7.60. The molecule has 0 spiro atoms. The molecule has 0 saturated heterocycles. The number of amides is 1. The molecular formula is C22H29N5O3. The molecule has 0 saturated carbocycles. The average molecular weight is 412 g/mol. The number of para-hydroxylation sites is 2. The lowest BCUT2D eigenvalue weighted by Crippen LogP contribution is -2.43. The highest BCUT2D eigenvalue weighted by atomic mass is 16.4. The molecule has 2 aromatic rings. The van der Waals surface area contributed by atoms with Crippen molar-refractivity contribution in [2.24, 2.45) is 4.99 Å². The number of carbonyl (C=O) groups excluding carboxylic acids is 1. The maximum absolute atomic E-state index is 12.0. The highest BCUT2D eigenvalue weighted by Gasteiger charge is 2.18. The van der Waals surface area contributed by atoms with E-state index in [-0.39, 0.29) is 18.2 Å². The molecule has 0 radical (unpaired) electrons. The van der Waals surface area contributed by atoms with Gasteiger partial charge < -0.3 is 10.4 Å². The summed E-state index contributed by atoms with van der Waals surface area (Å²) in [5.74, 6) is -0.415. The van der Waals surface area contributed by atoms with Gasteiger partial charge in [-0.2, -0.15) is 0 Å². The SMILES string of the molecule is O=C(O)CC(CCCCCCC(=O)NC1=NCCCN1)c1cnc2ccccc2n1. The number of guanidine groups is 1. The average Bonchev–Trinajstić information content (AvgIpc) is 2.75. The first-order valence-corrected chi connectivity index (χ1v) is 10.6. The van der Waals surface area contributed by atoms with E-state index < -0.39 is 5.97 Å². The van der Waals surface area contributed by atoms with Crippen molar-refractivity contribution in [1.82, 2.24) is 20.6 Å². The molecular weight excluding hydrogens is 382 g/mol. The molecule has 160 valence electrons. The monoisotopic (exact) mass is 411 g/mol. The standard InChI is InChI=1S/C22H29N5O3/c28-20(27-22-23-12-7-13-24-22)11-4-2-1-3-8-16(14-21(29)30)19-15-25-17-9-5-6-10-18(17)26-19/h5-6,9-10,15-16H,1-4,7-8,11-14H2,(H,29,30)(H2,23,24,27,28). The molecule has 8 heteroatoms. The number of aliphatic imine (C=N–C) groups is 1. The number of hydrogen-bond acceptors (Lipinski definition) is 6. The van der Waals surface area contributed by atoms with Crippen molar-refractivity contribution in [1.29, 1.82) is 0 Å². The molecule has 3 rings (SSSR count). The fraction of sp³-hybridized carbons (Fsp3) is 0.500. The number of carbonyl (C=O) groups is 2. The number of aromatic nitrogens is 2. The summed E-state index contributed by atoms with van der Waals surface area (Å²) >= 11 is 0. The van der Waals surface area contributed by atoms with Gasteiger partial charge in [0.15, 0.2) is 5.96 Å². The minimum atomic E-state index is -0.828. The van der Waals surface area contributed by atoms with Gasteiger partial charge in [0, 0.05) is 31.6 Å². The van der Waals surface area contributed by atoms with Gasteiger partial charge in [-0.1, -0.05) is 31.4 Å². The van der Waals surface area contributed by atoms with Gasteiger partial charge in [-0.25, -0.2) is 4.98 Å². The lowest BCUT2D eigenvalue weighted by Gasteiger charge is -2.15. The third-order valence-electron chi connectivity index (χ3n) is 5.17. The van der Waals surface area contributed by atoms with Crippen molar-refractivity contribution in [3.8, 4) is 0 Å². The highest BCUT2D eigenvalue weighted by molar-refractivity contribution is 5.97. The van der Waals surface area contributed by atoms with Gasteiger partial charge in [-0.15, -0.1) is 0 Å². The second kappa shape index (κ2) is 11.2. The maximum atomic E-state index is 12.0. The minimum Gasteiger partial charge on any atom is -0.481 e. The van der Waals surface area contributed by atoms with Gasteiger partial charge in [-0.3, -0.25) is 24.9 Å².